The van der Waals surface area contributed by atoms with Gasteiger partial charge in [0, 0.05) is 22.7 Å². The largest absolute Gasteiger partial charge is 0.360 e. The highest BCUT2D eigenvalue weighted by atomic mass is 32.2. The summed E-state index contributed by atoms with van der Waals surface area (Å²) in [5.74, 6) is 0.661. The van der Waals surface area contributed by atoms with E-state index < -0.39 is 0 Å². The van der Waals surface area contributed by atoms with Crippen LogP contribution in [0.4, 0.5) is 0 Å². The smallest absolute Gasteiger partial charge is 0.175 e. The van der Waals surface area contributed by atoms with Gasteiger partial charge >= 0.3 is 0 Å². The van der Waals surface area contributed by atoms with E-state index in [-0.39, 0.29) is 5.78 Å². The molecule has 1 N–H and O–H groups in total. The molecule has 3 rings (SSSR count). The highest BCUT2D eigenvalue weighted by Crippen LogP contribution is 2.25. The molecule has 0 bridgehead atoms. The van der Waals surface area contributed by atoms with Gasteiger partial charge in [0.05, 0.1) is 9.96 Å². The molecule has 90 valence electrons. The molecule has 2 heterocycles. The Kier molecular flexibility index (Phi) is 3.21. The van der Waals surface area contributed by atoms with Crippen molar-refractivity contribution in [1.29, 1.82) is 0 Å². The molecule has 0 radical (unpaired) electrons. The predicted molar refractivity (Wildman–Crippen MR) is 77.7 cm³/mol. The van der Waals surface area contributed by atoms with Crippen LogP contribution in [0.25, 0.3) is 10.9 Å². The summed E-state index contributed by atoms with van der Waals surface area (Å²) in [6.45, 7) is 0. The molecule has 0 saturated heterocycles. The third-order valence-corrected chi connectivity index (χ3v) is 4.86. The van der Waals surface area contributed by atoms with Crippen molar-refractivity contribution in [2.45, 2.75) is 4.21 Å². The van der Waals surface area contributed by atoms with Crippen LogP contribution in [-0.2, 0) is 0 Å². The van der Waals surface area contributed by atoms with Gasteiger partial charge < -0.3 is 4.98 Å². The van der Waals surface area contributed by atoms with Crippen molar-refractivity contribution in [2.75, 3.05) is 5.75 Å². The fraction of sp³-hybridized carbons (Fsp3) is 0.0714. The number of hydrogen-bond donors (Lipinski definition) is 1. The first-order valence-electron chi connectivity index (χ1n) is 5.60. The minimum Gasteiger partial charge on any atom is -0.360 e. The Bertz CT molecular complexity index is 670. The number of Topliss-reactive ketones (excluding diaryl/α,β-unsaturated/α-hetero) is 1. The summed E-state index contributed by atoms with van der Waals surface area (Å²) in [7, 11) is 0. The van der Waals surface area contributed by atoms with E-state index in [1.807, 2.05) is 48.0 Å². The van der Waals surface area contributed by atoms with Gasteiger partial charge in [-0.2, -0.15) is 0 Å². The lowest BCUT2D eigenvalue weighted by atomic mass is 10.1. The number of para-hydroxylation sites is 1. The van der Waals surface area contributed by atoms with Gasteiger partial charge in [0.2, 0.25) is 0 Å². The maximum atomic E-state index is 12.2. The third-order valence-electron chi connectivity index (χ3n) is 2.73. The van der Waals surface area contributed by atoms with E-state index in [0.29, 0.717) is 5.75 Å². The van der Waals surface area contributed by atoms with Crippen molar-refractivity contribution in [3.05, 3.63) is 53.5 Å². The molecule has 1 aromatic carbocycles. The number of aromatic nitrogens is 1. The SMILES string of the molecule is O=C(CSc1cccs1)c1c[nH]c2ccccc12. The lowest BCUT2D eigenvalue weighted by molar-refractivity contribution is 0.102. The molecule has 0 atom stereocenters. The molecule has 0 spiro atoms. The summed E-state index contributed by atoms with van der Waals surface area (Å²) < 4.78 is 1.18. The van der Waals surface area contributed by atoms with E-state index in [0.717, 1.165) is 16.5 Å². The lowest BCUT2D eigenvalue weighted by Gasteiger charge is -1.98. The normalized spacial score (nSPS) is 10.9. The molecule has 0 aliphatic rings. The fourth-order valence-electron chi connectivity index (χ4n) is 1.86. The zero-order chi connectivity index (χ0) is 12.4. The first kappa shape index (κ1) is 11.6. The number of rotatable bonds is 4. The molecular formula is C14H11NOS2. The van der Waals surface area contributed by atoms with Gasteiger partial charge in [0.15, 0.2) is 5.78 Å². The molecular weight excluding hydrogens is 262 g/mol. The number of carbonyl (C=O) groups is 1. The number of fused-ring (bicyclic) bond motifs is 1. The second kappa shape index (κ2) is 5.00. The molecule has 0 aliphatic carbocycles. The van der Waals surface area contributed by atoms with E-state index in [1.54, 1.807) is 23.1 Å². The summed E-state index contributed by atoms with van der Waals surface area (Å²) >= 11 is 3.27. The quantitative estimate of drug-likeness (QED) is 0.570. The number of nitrogens with one attached hydrogen (secondary N) is 1. The van der Waals surface area contributed by atoms with Crippen LogP contribution >= 0.6 is 23.1 Å². The molecule has 3 aromatic rings. The van der Waals surface area contributed by atoms with E-state index in [9.17, 15) is 4.79 Å². The average Bonchev–Trinajstić information content (AvgIpc) is 3.05. The number of ketones is 1. The zero-order valence-electron chi connectivity index (χ0n) is 9.55. The van der Waals surface area contributed by atoms with Crippen molar-refractivity contribution < 1.29 is 4.79 Å². The third kappa shape index (κ3) is 2.21. The molecule has 2 nitrogen and oxygen atoms in total. The number of H-pyrrole nitrogens is 1. The summed E-state index contributed by atoms with van der Waals surface area (Å²) in [6.07, 6.45) is 1.81. The highest BCUT2D eigenvalue weighted by Gasteiger charge is 2.12. The number of aromatic amines is 1. The summed E-state index contributed by atoms with van der Waals surface area (Å²) in [5, 5.41) is 3.03. The number of hydrogen-bond acceptors (Lipinski definition) is 3. The van der Waals surface area contributed by atoms with Crippen LogP contribution in [0.15, 0.2) is 52.2 Å². The second-order valence-corrected chi connectivity index (χ2v) is 6.12. The Morgan fingerprint density at radius 2 is 2.11 bits per heavy atom. The average molecular weight is 273 g/mol. The Morgan fingerprint density at radius 1 is 1.22 bits per heavy atom. The summed E-state index contributed by atoms with van der Waals surface area (Å²) in [5.41, 5.74) is 1.80. The second-order valence-electron chi connectivity index (χ2n) is 3.89. The maximum absolute atomic E-state index is 12.2. The van der Waals surface area contributed by atoms with E-state index >= 15 is 0 Å². The molecule has 0 saturated carbocycles. The standard InChI is InChI=1S/C14H11NOS2/c16-13(9-18-14-6-3-7-17-14)11-8-15-12-5-2-1-4-10(11)12/h1-8,15H,9H2. The molecule has 0 amide bonds. The maximum Gasteiger partial charge on any atom is 0.175 e. The molecule has 2 aromatic heterocycles. The van der Waals surface area contributed by atoms with Crippen LogP contribution in [0.5, 0.6) is 0 Å². The van der Waals surface area contributed by atoms with Crippen molar-refractivity contribution in [3.8, 4) is 0 Å². The summed E-state index contributed by atoms with van der Waals surface area (Å²) in [4.78, 5) is 15.3. The molecule has 0 aliphatic heterocycles. The Hall–Kier alpha value is -1.52. The number of thioether (sulfide) groups is 1. The van der Waals surface area contributed by atoms with Crippen molar-refractivity contribution in [3.63, 3.8) is 0 Å². The first-order chi connectivity index (χ1) is 8.84. The van der Waals surface area contributed by atoms with Gasteiger partial charge in [0.1, 0.15) is 0 Å². The van der Waals surface area contributed by atoms with Crippen molar-refractivity contribution in [1.82, 2.24) is 4.98 Å². The first-order valence-corrected chi connectivity index (χ1v) is 7.47. The van der Waals surface area contributed by atoms with Crippen molar-refractivity contribution in [2.24, 2.45) is 0 Å². The lowest BCUT2D eigenvalue weighted by Crippen LogP contribution is -2.00. The van der Waals surface area contributed by atoms with Gasteiger partial charge in [-0.1, -0.05) is 24.3 Å². The van der Waals surface area contributed by atoms with Gasteiger partial charge in [0.25, 0.3) is 0 Å². The van der Waals surface area contributed by atoms with E-state index in [1.165, 1.54) is 4.21 Å². The molecule has 0 unspecified atom stereocenters. The monoisotopic (exact) mass is 273 g/mol. The van der Waals surface area contributed by atoms with Crippen LogP contribution in [0, 0.1) is 0 Å². The van der Waals surface area contributed by atoms with Gasteiger partial charge in [-0.15, -0.1) is 23.1 Å². The topological polar surface area (TPSA) is 32.9 Å². The van der Waals surface area contributed by atoms with E-state index in [2.05, 4.69) is 4.98 Å². The highest BCUT2D eigenvalue weighted by molar-refractivity contribution is 8.01. The molecule has 4 heteroatoms. The number of benzene rings is 1. The van der Waals surface area contributed by atoms with Crippen molar-refractivity contribution >= 4 is 39.8 Å². The zero-order valence-corrected chi connectivity index (χ0v) is 11.2. The Labute approximate surface area is 113 Å². The Morgan fingerprint density at radius 3 is 2.94 bits per heavy atom. The van der Waals surface area contributed by atoms with Gasteiger partial charge in [-0.25, -0.2) is 0 Å². The Balaban J connectivity index is 1.80. The van der Waals surface area contributed by atoms with Crippen LogP contribution in [0.3, 0.4) is 0 Å². The van der Waals surface area contributed by atoms with Gasteiger partial charge in [-0.05, 0) is 17.5 Å². The predicted octanol–water partition coefficient (Wildman–Crippen LogP) is 4.20. The van der Waals surface area contributed by atoms with Crippen LogP contribution in [0.1, 0.15) is 10.4 Å². The van der Waals surface area contributed by atoms with Crippen LogP contribution < -0.4 is 0 Å². The number of thiophene rings is 1. The van der Waals surface area contributed by atoms with Crippen LogP contribution in [-0.4, -0.2) is 16.5 Å². The molecule has 18 heavy (non-hydrogen) atoms. The summed E-state index contributed by atoms with van der Waals surface area (Å²) in [6, 6.07) is 11.9. The fourth-order valence-corrected chi connectivity index (χ4v) is 3.53. The van der Waals surface area contributed by atoms with E-state index in [4.69, 9.17) is 0 Å². The van der Waals surface area contributed by atoms with Gasteiger partial charge in [-0.3, -0.25) is 4.79 Å². The number of carbonyl (C=O) groups excluding carboxylic acids is 1. The van der Waals surface area contributed by atoms with Crippen LogP contribution in [0.2, 0.25) is 0 Å². The minimum atomic E-state index is 0.172. The minimum absolute atomic E-state index is 0.172. The molecule has 0 fully saturated rings.